The number of nitrogens with one attached hydrogen (secondary N) is 2. The molecule has 1 aliphatic heterocycles. The van der Waals surface area contributed by atoms with Crippen molar-refractivity contribution in [1.29, 1.82) is 0 Å². The minimum atomic E-state index is -4.89. The molecule has 0 saturated heterocycles. The number of anilines is 1. The number of carbonyl (C=O) groups is 1. The van der Waals surface area contributed by atoms with Gasteiger partial charge in [0.25, 0.3) is 5.84 Å². The Kier molecular flexibility index (Phi) is 4.91. The fourth-order valence-electron chi connectivity index (χ4n) is 3.01. The number of benzene rings is 1. The molecular formula is C19H20F3N4O+. The van der Waals surface area contributed by atoms with Crippen LogP contribution >= 0.6 is 0 Å². The van der Waals surface area contributed by atoms with Gasteiger partial charge in [0.15, 0.2) is 0 Å². The highest BCUT2D eigenvalue weighted by Crippen LogP contribution is 2.32. The largest absolute Gasteiger partial charge is 0.465 e. The normalized spacial score (nSPS) is 20.0. The Hall–Kier alpha value is -2.90. The first kappa shape index (κ1) is 18.9. The number of carbonyl (C=O) groups excluding carboxylic acids is 1. The monoisotopic (exact) mass is 377 g/mol. The Balaban J connectivity index is 2.16. The second kappa shape index (κ2) is 7.02. The van der Waals surface area contributed by atoms with E-state index in [0.717, 1.165) is 4.90 Å². The number of alkyl halides is 3. The molecule has 0 fully saturated rings. The standard InChI is InChI=1S/C19H19F3N4O/c1-3-12-26-16(14-9-5-4-6-10-14)25-18(17(26)27,19(20,21)22)24-15-13(2)8-7-11-23-15/h4-11H,3,12H2,1-2H3,(H,23,24)/p+1/t18-/m0/s1. The third kappa shape index (κ3) is 3.27. The molecule has 0 spiro atoms. The van der Waals surface area contributed by atoms with Crippen LogP contribution in [0.4, 0.5) is 19.0 Å². The highest BCUT2D eigenvalue weighted by molar-refractivity contribution is 6.11. The van der Waals surface area contributed by atoms with Crippen molar-refractivity contribution in [3.05, 3.63) is 59.8 Å². The van der Waals surface area contributed by atoms with Crippen molar-refractivity contribution < 1.29 is 23.0 Å². The first-order valence-corrected chi connectivity index (χ1v) is 8.59. The molecule has 5 nitrogen and oxygen atoms in total. The minimum Gasteiger partial charge on any atom is -0.312 e. The maximum atomic E-state index is 14.2. The van der Waals surface area contributed by atoms with Gasteiger partial charge >= 0.3 is 17.7 Å². The Morgan fingerprint density at radius 3 is 2.48 bits per heavy atom. The zero-order valence-corrected chi connectivity index (χ0v) is 15.0. The summed E-state index contributed by atoms with van der Waals surface area (Å²) in [7, 11) is 0. The molecule has 0 saturated carbocycles. The SMILES string of the molecule is CCCN1C(=O)[C@@](Nc2ncccc2C)(C(F)(F)F)[NH+]=C1c1ccccc1. The van der Waals surface area contributed by atoms with Gasteiger partial charge in [0.1, 0.15) is 5.82 Å². The first-order valence-electron chi connectivity index (χ1n) is 8.59. The fourth-order valence-corrected chi connectivity index (χ4v) is 3.01. The van der Waals surface area contributed by atoms with E-state index in [4.69, 9.17) is 0 Å². The van der Waals surface area contributed by atoms with E-state index in [-0.39, 0.29) is 18.2 Å². The number of hydrogen-bond acceptors (Lipinski definition) is 3. The molecule has 27 heavy (non-hydrogen) atoms. The number of rotatable bonds is 5. The molecule has 1 aromatic carbocycles. The summed E-state index contributed by atoms with van der Waals surface area (Å²) >= 11 is 0. The van der Waals surface area contributed by atoms with E-state index < -0.39 is 17.7 Å². The van der Waals surface area contributed by atoms with Crippen molar-refractivity contribution in [2.24, 2.45) is 0 Å². The van der Waals surface area contributed by atoms with E-state index >= 15 is 0 Å². The summed E-state index contributed by atoms with van der Waals surface area (Å²) in [4.78, 5) is 20.6. The number of aromatic nitrogens is 1. The molecule has 3 rings (SSSR count). The van der Waals surface area contributed by atoms with Gasteiger partial charge in [-0.3, -0.25) is 0 Å². The number of hydrogen-bond donors (Lipinski definition) is 2. The van der Waals surface area contributed by atoms with Crippen LogP contribution in [0.15, 0.2) is 48.7 Å². The van der Waals surface area contributed by atoms with Crippen LogP contribution in [0.25, 0.3) is 0 Å². The summed E-state index contributed by atoms with van der Waals surface area (Å²) in [6.45, 7) is 3.60. The van der Waals surface area contributed by atoms with Gasteiger partial charge in [0.05, 0.1) is 12.1 Å². The molecule has 2 aromatic rings. The van der Waals surface area contributed by atoms with E-state index in [2.05, 4.69) is 15.3 Å². The van der Waals surface area contributed by atoms with E-state index in [1.807, 2.05) is 0 Å². The number of amidine groups is 1. The Morgan fingerprint density at radius 1 is 1.19 bits per heavy atom. The summed E-state index contributed by atoms with van der Waals surface area (Å²) in [6, 6.07) is 11.8. The van der Waals surface area contributed by atoms with Gasteiger partial charge in [-0.25, -0.2) is 14.8 Å². The topological polar surface area (TPSA) is 59.2 Å². The van der Waals surface area contributed by atoms with Crippen LogP contribution in [-0.4, -0.2) is 40.0 Å². The second-order valence-corrected chi connectivity index (χ2v) is 6.34. The molecule has 0 radical (unpaired) electrons. The molecule has 1 aliphatic rings. The molecule has 8 heteroatoms. The molecule has 2 heterocycles. The van der Waals surface area contributed by atoms with Crippen molar-refractivity contribution in [3.8, 4) is 0 Å². The number of nitrogens with zero attached hydrogens (tertiary/aromatic N) is 2. The Morgan fingerprint density at radius 2 is 1.89 bits per heavy atom. The first-order chi connectivity index (χ1) is 12.8. The predicted molar refractivity (Wildman–Crippen MR) is 94.9 cm³/mol. The third-order valence-electron chi connectivity index (χ3n) is 4.38. The van der Waals surface area contributed by atoms with Gasteiger partial charge in [-0.1, -0.05) is 31.2 Å². The third-order valence-corrected chi connectivity index (χ3v) is 4.38. The molecule has 0 unspecified atom stereocenters. The average molecular weight is 377 g/mol. The molecule has 0 aliphatic carbocycles. The lowest BCUT2D eigenvalue weighted by atomic mass is 10.1. The number of amides is 1. The fraction of sp³-hybridized carbons (Fsp3) is 0.316. The van der Waals surface area contributed by atoms with Gasteiger partial charge < -0.3 is 5.32 Å². The second-order valence-electron chi connectivity index (χ2n) is 6.34. The summed E-state index contributed by atoms with van der Waals surface area (Å²) in [5, 5.41) is 2.34. The molecule has 1 amide bonds. The summed E-state index contributed by atoms with van der Waals surface area (Å²) in [6.07, 6.45) is -3.00. The zero-order valence-electron chi connectivity index (χ0n) is 15.0. The predicted octanol–water partition coefficient (Wildman–Crippen LogP) is 1.84. The van der Waals surface area contributed by atoms with Crippen molar-refractivity contribution in [2.75, 3.05) is 11.9 Å². The van der Waals surface area contributed by atoms with E-state index in [1.54, 1.807) is 56.3 Å². The quantitative estimate of drug-likeness (QED) is 0.836. The van der Waals surface area contributed by atoms with E-state index in [0.29, 0.717) is 17.5 Å². The maximum absolute atomic E-state index is 14.2. The summed E-state index contributed by atoms with van der Waals surface area (Å²) in [5.74, 6) is -0.969. The smallest absolute Gasteiger partial charge is 0.312 e. The van der Waals surface area contributed by atoms with Gasteiger partial charge in [-0.15, -0.1) is 0 Å². The van der Waals surface area contributed by atoms with Crippen LogP contribution in [0, 0.1) is 6.92 Å². The highest BCUT2D eigenvalue weighted by Gasteiger charge is 2.71. The average Bonchev–Trinajstić information content (AvgIpc) is 2.92. The van der Waals surface area contributed by atoms with E-state index in [9.17, 15) is 18.0 Å². The molecular weight excluding hydrogens is 357 g/mol. The molecule has 1 atom stereocenters. The number of aryl methyl sites for hydroxylation is 1. The molecule has 2 N–H and O–H groups in total. The van der Waals surface area contributed by atoms with Crippen LogP contribution < -0.4 is 10.3 Å². The van der Waals surface area contributed by atoms with Gasteiger partial charge in [0.2, 0.25) is 0 Å². The van der Waals surface area contributed by atoms with Crippen molar-refractivity contribution >= 4 is 17.6 Å². The molecule has 1 aromatic heterocycles. The van der Waals surface area contributed by atoms with E-state index in [1.165, 1.54) is 6.20 Å². The molecule has 142 valence electrons. The Labute approximate surface area is 154 Å². The highest BCUT2D eigenvalue weighted by atomic mass is 19.4. The number of halogens is 3. The van der Waals surface area contributed by atoms with Crippen LogP contribution in [0.3, 0.4) is 0 Å². The van der Waals surface area contributed by atoms with Crippen LogP contribution in [0.1, 0.15) is 24.5 Å². The zero-order chi connectivity index (χ0) is 19.7. The summed E-state index contributed by atoms with van der Waals surface area (Å²) < 4.78 is 42.5. The maximum Gasteiger partial charge on any atom is 0.465 e. The van der Waals surface area contributed by atoms with Crippen molar-refractivity contribution in [3.63, 3.8) is 0 Å². The lowest BCUT2D eigenvalue weighted by Gasteiger charge is -2.25. The van der Waals surface area contributed by atoms with Crippen molar-refractivity contribution in [1.82, 2.24) is 9.88 Å². The molecule has 0 bridgehead atoms. The van der Waals surface area contributed by atoms with Gasteiger partial charge in [0, 0.05) is 6.20 Å². The van der Waals surface area contributed by atoms with Crippen molar-refractivity contribution in [2.45, 2.75) is 32.1 Å². The summed E-state index contributed by atoms with van der Waals surface area (Å²) in [5.41, 5.74) is -1.97. The lowest BCUT2D eigenvalue weighted by molar-refractivity contribution is -0.566. The van der Waals surface area contributed by atoms with Gasteiger partial charge in [-0.2, -0.15) is 18.1 Å². The van der Waals surface area contributed by atoms with Crippen LogP contribution in [0.2, 0.25) is 0 Å². The Bertz CT molecular complexity index is 867. The van der Waals surface area contributed by atoms with Crippen LogP contribution in [0.5, 0.6) is 0 Å². The van der Waals surface area contributed by atoms with Crippen LogP contribution in [-0.2, 0) is 4.79 Å². The van der Waals surface area contributed by atoms with Gasteiger partial charge in [-0.05, 0) is 37.1 Å². The lowest BCUT2D eigenvalue weighted by Crippen LogP contribution is -2.94. The minimum absolute atomic E-state index is 0.00133. The number of pyridine rings is 1.